The van der Waals surface area contributed by atoms with Gasteiger partial charge in [0.1, 0.15) is 0 Å². The molecule has 4 nitrogen and oxygen atoms in total. The van der Waals surface area contributed by atoms with Crippen molar-refractivity contribution in [2.24, 2.45) is 0 Å². The van der Waals surface area contributed by atoms with Gasteiger partial charge in [0.15, 0.2) is 5.13 Å². The van der Waals surface area contributed by atoms with Crippen LogP contribution in [0.4, 0.5) is 5.13 Å². The van der Waals surface area contributed by atoms with Crippen molar-refractivity contribution in [3.63, 3.8) is 0 Å². The lowest BCUT2D eigenvalue weighted by Crippen LogP contribution is -2.27. The van der Waals surface area contributed by atoms with E-state index in [1.807, 2.05) is 18.4 Å². The molecule has 112 valence electrons. The van der Waals surface area contributed by atoms with Crippen LogP contribution in [-0.2, 0) is 17.8 Å². The second-order valence-corrected chi connectivity index (χ2v) is 5.63. The molecule has 2 aromatic rings. The quantitative estimate of drug-likeness (QED) is 0.800. The second-order valence-electron chi connectivity index (χ2n) is 4.80. The minimum Gasteiger partial charge on any atom is -0.311 e. The number of rotatable bonds is 7. The van der Waals surface area contributed by atoms with Crippen molar-refractivity contribution in [3.8, 4) is 0 Å². The van der Waals surface area contributed by atoms with Crippen LogP contribution in [0, 0.1) is 0 Å². The van der Waals surface area contributed by atoms with Gasteiger partial charge in [-0.3, -0.25) is 9.69 Å². The van der Waals surface area contributed by atoms with Gasteiger partial charge in [-0.1, -0.05) is 30.3 Å². The Hall–Kier alpha value is -1.72. The van der Waals surface area contributed by atoms with Crippen LogP contribution in [0.2, 0.25) is 0 Å². The lowest BCUT2D eigenvalue weighted by Gasteiger charge is -2.14. The van der Waals surface area contributed by atoms with Crippen LogP contribution in [-0.4, -0.2) is 24.0 Å². The zero-order valence-electron chi connectivity index (χ0n) is 12.5. The van der Waals surface area contributed by atoms with Gasteiger partial charge in [0, 0.05) is 25.4 Å². The number of thiazole rings is 1. The van der Waals surface area contributed by atoms with Crippen molar-refractivity contribution in [1.29, 1.82) is 0 Å². The van der Waals surface area contributed by atoms with Gasteiger partial charge in [-0.2, -0.15) is 0 Å². The number of carbonyl (C=O) groups is 1. The summed E-state index contributed by atoms with van der Waals surface area (Å²) < 4.78 is 0. The van der Waals surface area contributed by atoms with Crippen molar-refractivity contribution < 1.29 is 4.79 Å². The summed E-state index contributed by atoms with van der Waals surface area (Å²) >= 11 is 1.52. The fraction of sp³-hybridized carbons (Fsp3) is 0.375. The Labute approximate surface area is 129 Å². The van der Waals surface area contributed by atoms with Crippen LogP contribution in [0.5, 0.6) is 0 Å². The molecule has 1 N–H and O–H groups in total. The highest BCUT2D eigenvalue weighted by Crippen LogP contribution is 2.20. The molecule has 0 spiro atoms. The first-order valence-corrected chi connectivity index (χ1v) is 8.05. The van der Waals surface area contributed by atoms with Crippen molar-refractivity contribution >= 4 is 22.4 Å². The lowest BCUT2D eigenvalue weighted by molar-refractivity contribution is -0.116. The van der Waals surface area contributed by atoms with E-state index in [-0.39, 0.29) is 5.91 Å². The molecule has 5 heteroatoms. The average molecular weight is 303 g/mol. The highest BCUT2D eigenvalue weighted by molar-refractivity contribution is 7.14. The van der Waals surface area contributed by atoms with E-state index in [0.29, 0.717) is 6.54 Å². The molecular formula is C16H21N3OS. The number of nitrogens with one attached hydrogen (secondary N) is 1. The van der Waals surface area contributed by atoms with Gasteiger partial charge in [-0.15, -0.1) is 11.3 Å². The normalized spacial score (nSPS) is 10.6. The largest absolute Gasteiger partial charge is 0.311 e. The first-order valence-electron chi connectivity index (χ1n) is 7.18. The van der Waals surface area contributed by atoms with Crippen LogP contribution in [0.1, 0.15) is 25.1 Å². The number of benzene rings is 1. The molecule has 0 bridgehead atoms. The van der Waals surface area contributed by atoms with E-state index in [2.05, 4.69) is 34.6 Å². The highest BCUT2D eigenvalue weighted by Gasteiger charge is 2.12. The average Bonchev–Trinajstić information content (AvgIpc) is 2.94. The fourth-order valence-electron chi connectivity index (χ4n) is 2.09. The lowest BCUT2D eigenvalue weighted by atomic mass is 10.1. The summed E-state index contributed by atoms with van der Waals surface area (Å²) in [5, 5.41) is 6.18. The van der Waals surface area contributed by atoms with Crippen LogP contribution in [0.15, 0.2) is 35.7 Å². The summed E-state index contributed by atoms with van der Waals surface area (Å²) in [7, 11) is 0. The van der Waals surface area contributed by atoms with Crippen molar-refractivity contribution in [2.45, 2.75) is 26.8 Å². The van der Waals surface area contributed by atoms with E-state index in [9.17, 15) is 4.79 Å². The highest BCUT2D eigenvalue weighted by atomic mass is 32.1. The molecule has 0 aliphatic heterocycles. The van der Waals surface area contributed by atoms with Crippen molar-refractivity contribution in [3.05, 3.63) is 47.0 Å². The Morgan fingerprint density at radius 1 is 1.33 bits per heavy atom. The maximum Gasteiger partial charge on any atom is 0.225 e. The number of amides is 1. The summed E-state index contributed by atoms with van der Waals surface area (Å²) in [6.45, 7) is 5.84. The van der Waals surface area contributed by atoms with Crippen molar-refractivity contribution in [2.75, 3.05) is 18.0 Å². The first-order chi connectivity index (χ1) is 10.2. The minimum absolute atomic E-state index is 0.0374. The predicted molar refractivity (Wildman–Crippen MR) is 87.7 cm³/mol. The summed E-state index contributed by atoms with van der Waals surface area (Å²) in [4.78, 5) is 17.7. The number of carbonyl (C=O) groups excluding carboxylic acids is 1. The fourth-order valence-corrected chi connectivity index (χ4v) is 3.02. The number of aromatic nitrogens is 1. The molecule has 1 aromatic heterocycles. The van der Waals surface area contributed by atoms with E-state index in [1.54, 1.807) is 11.8 Å². The molecule has 0 aliphatic rings. The van der Waals surface area contributed by atoms with Crippen LogP contribution in [0.25, 0.3) is 0 Å². The molecule has 0 radical (unpaired) electrons. The molecule has 1 heterocycles. The van der Waals surface area contributed by atoms with Crippen LogP contribution in [0.3, 0.4) is 0 Å². The summed E-state index contributed by atoms with van der Waals surface area (Å²) in [5.41, 5.74) is 2.32. The van der Waals surface area contributed by atoms with Gasteiger partial charge in [-0.25, -0.2) is 4.98 Å². The molecular weight excluding hydrogens is 282 g/mol. The molecule has 0 saturated carbocycles. The summed E-state index contributed by atoms with van der Waals surface area (Å²) in [6, 6.07) is 10.4. The maximum atomic E-state index is 11.5. The van der Waals surface area contributed by atoms with Gasteiger partial charge in [0.25, 0.3) is 0 Å². The van der Waals surface area contributed by atoms with Gasteiger partial charge in [0.2, 0.25) is 5.91 Å². The van der Waals surface area contributed by atoms with Gasteiger partial charge in [-0.05, 0) is 25.5 Å². The molecule has 0 aliphatic carbocycles. The third-order valence-corrected chi connectivity index (χ3v) is 4.12. The maximum absolute atomic E-state index is 11.5. The summed E-state index contributed by atoms with van der Waals surface area (Å²) in [5.74, 6) is 0.0374. The molecule has 0 fully saturated rings. The van der Waals surface area contributed by atoms with Gasteiger partial charge in [0.05, 0.1) is 5.69 Å². The predicted octanol–water partition coefficient (Wildman–Crippen LogP) is 2.85. The van der Waals surface area contributed by atoms with E-state index in [0.717, 1.165) is 30.3 Å². The number of hydrogen-bond acceptors (Lipinski definition) is 4. The first kappa shape index (κ1) is 15.7. The Bertz CT molecular complexity index is 568. The molecule has 0 unspecified atom stereocenters. The summed E-state index contributed by atoms with van der Waals surface area (Å²) in [6.07, 6.45) is 1.01. The smallest absolute Gasteiger partial charge is 0.225 e. The SMILES string of the molecule is CCN(C(C)=O)c1nc(CNCCc2ccccc2)cs1. The molecule has 21 heavy (non-hydrogen) atoms. The number of nitrogens with zero attached hydrogens (tertiary/aromatic N) is 2. The second kappa shape index (κ2) is 7.90. The van der Waals surface area contributed by atoms with E-state index in [4.69, 9.17) is 0 Å². The van der Waals surface area contributed by atoms with Crippen LogP contribution < -0.4 is 10.2 Å². The Morgan fingerprint density at radius 3 is 2.76 bits per heavy atom. The monoisotopic (exact) mass is 303 g/mol. The zero-order chi connectivity index (χ0) is 15.1. The van der Waals surface area contributed by atoms with Gasteiger partial charge < -0.3 is 5.32 Å². The van der Waals surface area contributed by atoms with E-state index < -0.39 is 0 Å². The topological polar surface area (TPSA) is 45.2 Å². The molecule has 1 aromatic carbocycles. The molecule has 0 saturated heterocycles. The Balaban J connectivity index is 1.79. The molecule has 1 amide bonds. The van der Waals surface area contributed by atoms with E-state index >= 15 is 0 Å². The number of hydrogen-bond donors (Lipinski definition) is 1. The Morgan fingerprint density at radius 2 is 2.10 bits per heavy atom. The van der Waals surface area contributed by atoms with Gasteiger partial charge >= 0.3 is 0 Å². The number of anilines is 1. The third-order valence-electron chi connectivity index (χ3n) is 3.21. The van der Waals surface area contributed by atoms with E-state index in [1.165, 1.54) is 16.9 Å². The molecule has 0 atom stereocenters. The standard InChI is InChI=1S/C16H21N3OS/c1-3-19(13(2)20)16-18-15(12-21-16)11-17-10-9-14-7-5-4-6-8-14/h4-8,12,17H,3,9-11H2,1-2H3. The van der Waals surface area contributed by atoms with Crippen LogP contribution >= 0.6 is 11.3 Å². The van der Waals surface area contributed by atoms with Crippen molar-refractivity contribution in [1.82, 2.24) is 10.3 Å². The zero-order valence-corrected chi connectivity index (χ0v) is 13.3. The minimum atomic E-state index is 0.0374. The molecule has 2 rings (SSSR count). The Kier molecular flexibility index (Phi) is 5.90. The third kappa shape index (κ3) is 4.65.